The van der Waals surface area contributed by atoms with Crippen LogP contribution in [0.25, 0.3) is 0 Å². The van der Waals surface area contributed by atoms with Gasteiger partial charge in [0, 0.05) is 5.92 Å². The second-order valence-electron chi connectivity index (χ2n) is 8.57. The molecule has 0 radical (unpaired) electrons. The third-order valence-corrected chi connectivity index (χ3v) is 5.14. The van der Waals surface area contributed by atoms with Gasteiger partial charge < -0.3 is 10.2 Å². The summed E-state index contributed by atoms with van der Waals surface area (Å²) in [6.07, 6.45) is 8.04. The van der Waals surface area contributed by atoms with Gasteiger partial charge in [-0.15, -0.1) is 0 Å². The molecule has 0 aliphatic rings. The number of phenolic OH excluding ortho intramolecular Hbond substituents is 2. The van der Waals surface area contributed by atoms with Crippen LogP contribution >= 0.6 is 0 Å². The van der Waals surface area contributed by atoms with Gasteiger partial charge in [0.1, 0.15) is 11.5 Å². The van der Waals surface area contributed by atoms with Crippen molar-refractivity contribution in [1.82, 2.24) is 0 Å². The lowest BCUT2D eigenvalue weighted by Gasteiger charge is -2.22. The number of aromatic hydroxyl groups is 2. The molecule has 0 bridgehead atoms. The van der Waals surface area contributed by atoms with Crippen molar-refractivity contribution in [1.29, 1.82) is 0 Å². The van der Waals surface area contributed by atoms with Crippen molar-refractivity contribution >= 4 is 0 Å². The van der Waals surface area contributed by atoms with Gasteiger partial charge in [-0.2, -0.15) is 0 Å². The standard InChI is InChI=1S/C14H14O2.C9H20.C4H10.C2H6/c1-10(11-2-6-13(15)7-3-11)12-4-8-14(16)9-5-12;1-5-7-9(3,4)8-6-2;1-3-4-2;1-2/h2-10,15-16H,1H3;5-8H2,1-4H3;3-4H2,1-2H3;1-2H3. The van der Waals surface area contributed by atoms with Crippen LogP contribution in [0.5, 0.6) is 11.5 Å². The smallest absolute Gasteiger partial charge is 0.115 e. The molecule has 0 aromatic heterocycles. The Labute approximate surface area is 193 Å². The van der Waals surface area contributed by atoms with Gasteiger partial charge >= 0.3 is 0 Å². The molecule has 0 aliphatic heterocycles. The minimum Gasteiger partial charge on any atom is -0.508 e. The van der Waals surface area contributed by atoms with Crippen molar-refractivity contribution in [2.45, 2.75) is 107 Å². The van der Waals surface area contributed by atoms with Crippen LogP contribution in [-0.4, -0.2) is 10.2 Å². The topological polar surface area (TPSA) is 40.5 Å². The number of hydrogen-bond acceptors (Lipinski definition) is 2. The minimum absolute atomic E-state index is 0.251. The molecule has 2 rings (SSSR count). The van der Waals surface area contributed by atoms with Crippen molar-refractivity contribution in [3.05, 3.63) is 59.7 Å². The quantitative estimate of drug-likeness (QED) is 0.459. The van der Waals surface area contributed by atoms with Gasteiger partial charge in [-0.3, -0.25) is 0 Å². The Balaban J connectivity index is 0. The van der Waals surface area contributed by atoms with E-state index in [1.54, 1.807) is 24.3 Å². The van der Waals surface area contributed by atoms with Gasteiger partial charge in [0.2, 0.25) is 0 Å². The van der Waals surface area contributed by atoms with E-state index in [0.717, 1.165) is 11.1 Å². The SMILES string of the molecule is CC.CC(c1ccc(O)cc1)c1ccc(O)cc1.CCCC.CCCC(C)(C)CCC. The maximum Gasteiger partial charge on any atom is 0.115 e. The molecule has 0 saturated carbocycles. The van der Waals surface area contributed by atoms with Crippen molar-refractivity contribution in [3.63, 3.8) is 0 Å². The number of unbranched alkanes of at least 4 members (excludes halogenated alkanes) is 1. The molecule has 2 heteroatoms. The van der Waals surface area contributed by atoms with Crippen LogP contribution in [0.2, 0.25) is 0 Å². The monoisotopic (exact) mass is 430 g/mol. The van der Waals surface area contributed by atoms with Gasteiger partial charge in [-0.05, 0) is 53.6 Å². The maximum absolute atomic E-state index is 9.21. The molecule has 0 saturated heterocycles. The molecule has 0 unspecified atom stereocenters. The summed E-state index contributed by atoms with van der Waals surface area (Å²) in [5.74, 6) is 0.810. The molecule has 0 atom stereocenters. The molecule has 0 spiro atoms. The van der Waals surface area contributed by atoms with Crippen molar-refractivity contribution in [3.8, 4) is 11.5 Å². The number of hydrogen-bond donors (Lipinski definition) is 2. The maximum atomic E-state index is 9.21. The van der Waals surface area contributed by atoms with Crippen LogP contribution in [0.3, 0.4) is 0 Å². The van der Waals surface area contributed by atoms with E-state index >= 15 is 0 Å². The molecule has 2 aromatic carbocycles. The third kappa shape index (κ3) is 15.5. The van der Waals surface area contributed by atoms with E-state index in [-0.39, 0.29) is 17.4 Å². The van der Waals surface area contributed by atoms with Crippen LogP contribution in [0.1, 0.15) is 118 Å². The fourth-order valence-electron chi connectivity index (χ4n) is 3.20. The zero-order valence-electron chi connectivity index (χ0n) is 21.8. The van der Waals surface area contributed by atoms with Crippen molar-refractivity contribution in [2.24, 2.45) is 5.41 Å². The average Bonchev–Trinajstić information content (AvgIpc) is 2.76. The third-order valence-electron chi connectivity index (χ3n) is 5.14. The summed E-state index contributed by atoms with van der Waals surface area (Å²) >= 11 is 0. The summed E-state index contributed by atoms with van der Waals surface area (Å²) < 4.78 is 0. The molecule has 0 fully saturated rings. The van der Waals surface area contributed by atoms with Crippen LogP contribution in [0.15, 0.2) is 48.5 Å². The fraction of sp³-hybridized carbons (Fsp3) is 0.586. The Morgan fingerprint density at radius 2 is 0.903 bits per heavy atom. The summed E-state index contributed by atoms with van der Waals surface area (Å²) in [6, 6.07) is 14.4. The zero-order valence-corrected chi connectivity index (χ0v) is 21.8. The highest BCUT2D eigenvalue weighted by Crippen LogP contribution is 2.28. The first-order valence-electron chi connectivity index (χ1n) is 12.3. The molecule has 0 heterocycles. The van der Waals surface area contributed by atoms with Crippen LogP contribution < -0.4 is 0 Å². The predicted octanol–water partition coefficient (Wildman–Crippen LogP) is 9.69. The first-order chi connectivity index (χ1) is 14.7. The second kappa shape index (κ2) is 18.8. The first-order valence-corrected chi connectivity index (χ1v) is 12.3. The number of benzene rings is 2. The van der Waals surface area contributed by atoms with E-state index in [1.807, 2.05) is 38.1 Å². The van der Waals surface area contributed by atoms with Crippen LogP contribution in [-0.2, 0) is 0 Å². The van der Waals surface area contributed by atoms with Crippen molar-refractivity contribution < 1.29 is 10.2 Å². The highest BCUT2D eigenvalue weighted by Gasteiger charge is 2.13. The summed E-state index contributed by atoms with van der Waals surface area (Å²) in [5, 5.41) is 18.4. The van der Waals surface area contributed by atoms with E-state index in [4.69, 9.17) is 0 Å². The van der Waals surface area contributed by atoms with Gasteiger partial charge in [-0.25, -0.2) is 0 Å². The summed E-state index contributed by atoms with van der Waals surface area (Å²) in [7, 11) is 0. The lowest BCUT2D eigenvalue weighted by Crippen LogP contribution is -2.09. The number of rotatable bonds is 7. The Hall–Kier alpha value is -1.96. The molecule has 2 N–H and O–H groups in total. The normalized spacial score (nSPS) is 10.1. The molecule has 31 heavy (non-hydrogen) atoms. The van der Waals surface area contributed by atoms with Crippen LogP contribution in [0.4, 0.5) is 0 Å². The molecular weight excluding hydrogens is 380 g/mol. The van der Waals surface area contributed by atoms with E-state index in [9.17, 15) is 10.2 Å². The molecule has 2 nitrogen and oxygen atoms in total. The van der Waals surface area contributed by atoms with E-state index < -0.39 is 0 Å². The van der Waals surface area contributed by atoms with Gasteiger partial charge in [-0.1, -0.05) is 112 Å². The molecule has 0 amide bonds. The highest BCUT2D eigenvalue weighted by atomic mass is 16.3. The fourth-order valence-corrected chi connectivity index (χ4v) is 3.20. The van der Waals surface area contributed by atoms with Gasteiger partial charge in [0.15, 0.2) is 0 Å². The van der Waals surface area contributed by atoms with Crippen LogP contribution in [0, 0.1) is 5.41 Å². The lowest BCUT2D eigenvalue weighted by molar-refractivity contribution is 0.301. The summed E-state index contributed by atoms with van der Waals surface area (Å²) in [4.78, 5) is 0. The second-order valence-corrected chi connectivity index (χ2v) is 8.57. The van der Waals surface area contributed by atoms with Gasteiger partial charge in [0.05, 0.1) is 0 Å². The predicted molar refractivity (Wildman–Crippen MR) is 139 cm³/mol. The summed E-state index contributed by atoms with van der Waals surface area (Å²) in [5.41, 5.74) is 2.88. The Morgan fingerprint density at radius 1 is 0.613 bits per heavy atom. The minimum atomic E-state index is 0.251. The Morgan fingerprint density at radius 3 is 1.13 bits per heavy atom. The van der Waals surface area contributed by atoms with E-state index in [1.165, 1.54) is 38.5 Å². The van der Waals surface area contributed by atoms with E-state index in [0.29, 0.717) is 5.41 Å². The Bertz CT molecular complexity index is 571. The zero-order chi connectivity index (χ0) is 24.3. The Kier molecular flexibility index (Phi) is 18.9. The summed E-state index contributed by atoms with van der Waals surface area (Å²) in [6.45, 7) is 19.7. The molecular formula is C29H50O2. The first kappa shape index (κ1) is 31.2. The van der Waals surface area contributed by atoms with E-state index in [2.05, 4.69) is 48.5 Å². The molecule has 178 valence electrons. The van der Waals surface area contributed by atoms with Gasteiger partial charge in [0.25, 0.3) is 0 Å². The molecule has 0 aliphatic carbocycles. The highest BCUT2D eigenvalue weighted by molar-refractivity contribution is 5.36. The lowest BCUT2D eigenvalue weighted by atomic mass is 9.84. The number of phenols is 2. The van der Waals surface area contributed by atoms with Crippen molar-refractivity contribution in [2.75, 3.05) is 0 Å². The average molecular weight is 431 g/mol. The molecule has 2 aromatic rings. The largest absolute Gasteiger partial charge is 0.508 e.